The van der Waals surface area contributed by atoms with Gasteiger partial charge in [0, 0.05) is 27.8 Å². The first-order valence-electron chi connectivity index (χ1n) is 10.9. The molecule has 0 bridgehead atoms. The van der Waals surface area contributed by atoms with Crippen LogP contribution >= 0.6 is 23.5 Å². The molecule has 0 radical (unpaired) electrons. The van der Waals surface area contributed by atoms with Crippen LogP contribution in [0.2, 0.25) is 0 Å². The van der Waals surface area contributed by atoms with Gasteiger partial charge in [0.25, 0.3) is 5.91 Å². The molecular formula is C26H23FN2O2S2. The number of halogens is 1. The summed E-state index contributed by atoms with van der Waals surface area (Å²) in [6.45, 7) is 0.691. The zero-order valence-electron chi connectivity index (χ0n) is 17.9. The highest BCUT2D eigenvalue weighted by Crippen LogP contribution is 2.37. The van der Waals surface area contributed by atoms with Gasteiger partial charge in [-0.25, -0.2) is 4.39 Å². The molecule has 0 aliphatic carbocycles. The van der Waals surface area contributed by atoms with E-state index in [0.29, 0.717) is 12.1 Å². The van der Waals surface area contributed by atoms with Crippen molar-refractivity contribution < 1.29 is 14.0 Å². The second-order valence-electron chi connectivity index (χ2n) is 8.05. The lowest BCUT2D eigenvalue weighted by Gasteiger charge is -2.26. The molecule has 2 amide bonds. The SMILES string of the molecule is O=C(NC1CCSc2ccc(F)cc21)c1ccccc1SCC(=O)N1CCc2ccccc21. The molecular weight excluding hydrogens is 455 g/mol. The lowest BCUT2D eigenvalue weighted by Crippen LogP contribution is -2.31. The number of hydrogen-bond acceptors (Lipinski definition) is 4. The number of benzene rings is 3. The summed E-state index contributed by atoms with van der Waals surface area (Å²) >= 11 is 3.06. The fraction of sp³-hybridized carbons (Fsp3) is 0.231. The first-order chi connectivity index (χ1) is 16.1. The summed E-state index contributed by atoms with van der Waals surface area (Å²) in [7, 11) is 0. The van der Waals surface area contributed by atoms with Crippen LogP contribution in [-0.2, 0) is 11.2 Å². The number of amides is 2. The van der Waals surface area contributed by atoms with Crippen LogP contribution in [0, 0.1) is 5.82 Å². The van der Waals surface area contributed by atoms with Crippen molar-refractivity contribution in [3.05, 3.63) is 89.2 Å². The van der Waals surface area contributed by atoms with Crippen molar-refractivity contribution in [2.75, 3.05) is 23.0 Å². The van der Waals surface area contributed by atoms with Crippen LogP contribution in [0.4, 0.5) is 10.1 Å². The third-order valence-corrected chi connectivity index (χ3v) is 8.17. The van der Waals surface area contributed by atoms with Gasteiger partial charge in [-0.1, -0.05) is 30.3 Å². The van der Waals surface area contributed by atoms with E-state index in [1.165, 1.54) is 29.5 Å². The number of thioether (sulfide) groups is 2. The number of hydrogen-bond donors (Lipinski definition) is 1. The number of rotatable bonds is 5. The molecule has 33 heavy (non-hydrogen) atoms. The summed E-state index contributed by atoms with van der Waals surface area (Å²) in [5, 5.41) is 3.09. The molecule has 0 fully saturated rings. The van der Waals surface area contributed by atoms with Crippen LogP contribution < -0.4 is 10.2 Å². The monoisotopic (exact) mass is 478 g/mol. The summed E-state index contributed by atoms with van der Waals surface area (Å²) in [6, 6.07) is 19.8. The molecule has 3 aromatic rings. The Morgan fingerprint density at radius 2 is 1.91 bits per heavy atom. The number of carbonyl (C=O) groups is 2. The summed E-state index contributed by atoms with van der Waals surface area (Å²) in [5.41, 5.74) is 3.54. The molecule has 2 aliphatic rings. The number of nitrogens with zero attached hydrogens (tertiary/aromatic N) is 1. The Balaban J connectivity index is 1.28. The third-order valence-electron chi connectivity index (χ3n) is 5.99. The highest BCUT2D eigenvalue weighted by molar-refractivity contribution is 8.00. The minimum atomic E-state index is -0.298. The van der Waals surface area contributed by atoms with Gasteiger partial charge in [-0.2, -0.15) is 0 Å². The van der Waals surface area contributed by atoms with E-state index in [9.17, 15) is 14.0 Å². The minimum Gasteiger partial charge on any atom is -0.345 e. The Morgan fingerprint density at radius 1 is 1.09 bits per heavy atom. The van der Waals surface area contributed by atoms with E-state index in [1.54, 1.807) is 23.9 Å². The molecule has 0 spiro atoms. The van der Waals surface area contributed by atoms with Gasteiger partial charge in [-0.15, -0.1) is 23.5 Å². The van der Waals surface area contributed by atoms with E-state index in [0.717, 1.165) is 39.6 Å². The average Bonchev–Trinajstić information content (AvgIpc) is 3.27. The molecule has 5 rings (SSSR count). The Morgan fingerprint density at radius 3 is 2.82 bits per heavy atom. The maximum atomic E-state index is 13.8. The van der Waals surface area contributed by atoms with Crippen molar-refractivity contribution >= 4 is 41.0 Å². The lowest BCUT2D eigenvalue weighted by atomic mass is 10.0. The molecule has 7 heteroatoms. The molecule has 4 nitrogen and oxygen atoms in total. The van der Waals surface area contributed by atoms with Gasteiger partial charge < -0.3 is 10.2 Å². The first-order valence-corrected chi connectivity index (χ1v) is 12.9. The highest BCUT2D eigenvalue weighted by Gasteiger charge is 2.26. The van der Waals surface area contributed by atoms with Crippen LogP contribution in [0.3, 0.4) is 0 Å². The molecule has 168 valence electrons. The van der Waals surface area contributed by atoms with Gasteiger partial charge in [0.1, 0.15) is 5.82 Å². The fourth-order valence-corrected chi connectivity index (χ4v) is 6.38. The van der Waals surface area contributed by atoms with Crippen molar-refractivity contribution in [3.8, 4) is 0 Å². The van der Waals surface area contributed by atoms with Crippen molar-refractivity contribution in [1.82, 2.24) is 5.32 Å². The largest absolute Gasteiger partial charge is 0.345 e. The van der Waals surface area contributed by atoms with Crippen LogP contribution in [0.5, 0.6) is 0 Å². The van der Waals surface area contributed by atoms with Gasteiger partial charge in [0.05, 0.1) is 17.4 Å². The van der Waals surface area contributed by atoms with Gasteiger partial charge >= 0.3 is 0 Å². The number of anilines is 1. The predicted octanol–water partition coefficient (Wildman–Crippen LogP) is 5.47. The average molecular weight is 479 g/mol. The molecule has 1 N–H and O–H groups in total. The van der Waals surface area contributed by atoms with Crippen LogP contribution in [0.1, 0.15) is 33.9 Å². The van der Waals surface area contributed by atoms with E-state index in [2.05, 4.69) is 11.4 Å². The summed E-state index contributed by atoms with van der Waals surface area (Å²) in [4.78, 5) is 29.7. The van der Waals surface area contributed by atoms with E-state index in [4.69, 9.17) is 0 Å². The number of para-hydroxylation sites is 1. The fourth-order valence-electron chi connectivity index (χ4n) is 4.35. The molecule has 1 unspecified atom stereocenters. The van der Waals surface area contributed by atoms with Crippen molar-refractivity contribution in [1.29, 1.82) is 0 Å². The Kier molecular flexibility index (Phi) is 6.42. The summed E-state index contributed by atoms with van der Waals surface area (Å²) in [5.74, 6) is 0.657. The second kappa shape index (κ2) is 9.61. The zero-order chi connectivity index (χ0) is 22.8. The maximum Gasteiger partial charge on any atom is 0.252 e. The molecule has 0 aromatic heterocycles. The molecule has 2 aliphatic heterocycles. The van der Waals surface area contributed by atoms with Crippen LogP contribution in [0.15, 0.2) is 76.5 Å². The highest BCUT2D eigenvalue weighted by atomic mass is 32.2. The molecule has 0 saturated carbocycles. The van der Waals surface area contributed by atoms with Crippen LogP contribution in [-0.4, -0.2) is 29.9 Å². The van der Waals surface area contributed by atoms with Crippen molar-refractivity contribution in [3.63, 3.8) is 0 Å². The van der Waals surface area contributed by atoms with Crippen LogP contribution in [0.25, 0.3) is 0 Å². The van der Waals surface area contributed by atoms with E-state index >= 15 is 0 Å². The number of fused-ring (bicyclic) bond motifs is 2. The van der Waals surface area contributed by atoms with Gasteiger partial charge in [-0.05, 0) is 60.4 Å². The first kappa shape index (κ1) is 22.0. The second-order valence-corrected chi connectivity index (χ2v) is 10.2. The number of nitrogens with one attached hydrogen (secondary N) is 1. The lowest BCUT2D eigenvalue weighted by molar-refractivity contribution is -0.116. The van der Waals surface area contributed by atoms with E-state index in [-0.39, 0.29) is 29.4 Å². The van der Waals surface area contributed by atoms with Gasteiger partial charge in [0.2, 0.25) is 5.91 Å². The predicted molar refractivity (Wildman–Crippen MR) is 132 cm³/mol. The zero-order valence-corrected chi connectivity index (χ0v) is 19.6. The molecule has 1 atom stereocenters. The smallest absolute Gasteiger partial charge is 0.252 e. The molecule has 0 saturated heterocycles. The minimum absolute atomic E-state index is 0.0360. The van der Waals surface area contributed by atoms with Crippen molar-refractivity contribution in [2.24, 2.45) is 0 Å². The Hall–Kier alpha value is -2.77. The topological polar surface area (TPSA) is 49.4 Å². The standard InChI is InChI=1S/C26H23FN2O2S2/c27-18-9-10-24-20(15-18)21(12-14-32-24)28-26(31)19-6-2-4-8-23(19)33-16-25(30)29-13-11-17-5-1-3-7-22(17)29/h1-10,15,21H,11-14,16H2,(H,28,31). The maximum absolute atomic E-state index is 13.8. The van der Waals surface area contributed by atoms with Crippen molar-refractivity contribution in [2.45, 2.75) is 28.7 Å². The summed E-state index contributed by atoms with van der Waals surface area (Å²) < 4.78 is 13.8. The molecule has 2 heterocycles. The Bertz CT molecular complexity index is 1220. The molecule has 3 aromatic carbocycles. The van der Waals surface area contributed by atoms with E-state index < -0.39 is 0 Å². The Labute approximate surface area is 200 Å². The van der Waals surface area contributed by atoms with E-state index in [1.807, 2.05) is 41.3 Å². The normalized spacial score (nSPS) is 16.8. The van der Waals surface area contributed by atoms with Gasteiger partial charge in [-0.3, -0.25) is 9.59 Å². The quantitative estimate of drug-likeness (QED) is 0.494. The van der Waals surface area contributed by atoms with Gasteiger partial charge in [0.15, 0.2) is 0 Å². The summed E-state index contributed by atoms with van der Waals surface area (Å²) in [6.07, 6.45) is 1.61. The third kappa shape index (κ3) is 4.66. The number of carbonyl (C=O) groups excluding carboxylic acids is 2.